The van der Waals surface area contributed by atoms with Crippen LogP contribution in [0.5, 0.6) is 0 Å². The topological polar surface area (TPSA) is 41.5 Å². The Kier molecular flexibility index (Phi) is 6.71. The predicted molar refractivity (Wildman–Crippen MR) is 79.1 cm³/mol. The zero-order valence-electron chi connectivity index (χ0n) is 13.1. The number of ether oxygens (including phenoxy) is 1. The summed E-state index contributed by atoms with van der Waals surface area (Å²) in [5.41, 5.74) is -0.282. The summed E-state index contributed by atoms with van der Waals surface area (Å²) in [5.74, 6) is -1.64. The number of aliphatic hydroxyl groups is 1. The average molecular weight is 301 g/mol. The standard InChI is InChI=1S/C16H25F2NO2/c1-5-11(2)16(3,20)10-19-15(9-21-4)12-6-7-13(17)14(18)8-12/h6-8,11,15,19-20H,5,9-10H2,1-4H3. The summed E-state index contributed by atoms with van der Waals surface area (Å²) in [6.45, 7) is 6.41. The molecule has 0 fully saturated rings. The van der Waals surface area contributed by atoms with Gasteiger partial charge in [-0.1, -0.05) is 26.3 Å². The molecule has 1 aromatic carbocycles. The first-order chi connectivity index (χ1) is 9.81. The molecule has 21 heavy (non-hydrogen) atoms. The number of hydrogen-bond acceptors (Lipinski definition) is 3. The second-order valence-corrected chi connectivity index (χ2v) is 5.73. The van der Waals surface area contributed by atoms with Crippen molar-refractivity contribution in [1.29, 1.82) is 0 Å². The third-order valence-electron chi connectivity index (χ3n) is 4.06. The van der Waals surface area contributed by atoms with E-state index in [1.165, 1.54) is 6.07 Å². The Hall–Kier alpha value is -1.04. The van der Waals surface area contributed by atoms with Gasteiger partial charge in [-0.05, 0) is 30.5 Å². The molecule has 0 aliphatic carbocycles. The Morgan fingerprint density at radius 1 is 1.33 bits per heavy atom. The van der Waals surface area contributed by atoms with Crippen LogP contribution in [0.1, 0.15) is 38.8 Å². The first-order valence-electron chi connectivity index (χ1n) is 7.21. The molecule has 3 unspecified atom stereocenters. The molecule has 0 amide bonds. The molecule has 0 radical (unpaired) electrons. The molecule has 1 aromatic rings. The third-order valence-corrected chi connectivity index (χ3v) is 4.06. The minimum atomic E-state index is -0.885. The van der Waals surface area contributed by atoms with Gasteiger partial charge >= 0.3 is 0 Å². The fourth-order valence-corrected chi connectivity index (χ4v) is 2.11. The monoisotopic (exact) mass is 301 g/mol. The Labute approximate surface area is 125 Å². The molecule has 2 N–H and O–H groups in total. The van der Waals surface area contributed by atoms with Gasteiger partial charge in [-0.2, -0.15) is 0 Å². The van der Waals surface area contributed by atoms with Crippen molar-refractivity contribution >= 4 is 0 Å². The number of nitrogens with one attached hydrogen (secondary N) is 1. The van der Waals surface area contributed by atoms with Gasteiger partial charge in [-0.25, -0.2) is 8.78 Å². The second kappa shape index (κ2) is 7.82. The lowest BCUT2D eigenvalue weighted by Gasteiger charge is -2.32. The maximum absolute atomic E-state index is 13.3. The SMILES string of the molecule is CCC(C)C(C)(O)CNC(COC)c1ccc(F)c(F)c1. The summed E-state index contributed by atoms with van der Waals surface area (Å²) in [5, 5.41) is 13.6. The van der Waals surface area contributed by atoms with Gasteiger partial charge in [0, 0.05) is 13.7 Å². The summed E-state index contributed by atoms with van der Waals surface area (Å²) in [4.78, 5) is 0. The van der Waals surface area contributed by atoms with Gasteiger partial charge in [-0.3, -0.25) is 0 Å². The third kappa shape index (κ3) is 5.02. The van der Waals surface area contributed by atoms with E-state index in [4.69, 9.17) is 4.74 Å². The van der Waals surface area contributed by atoms with Crippen molar-refractivity contribution < 1.29 is 18.6 Å². The number of methoxy groups -OCH3 is 1. The first kappa shape index (κ1) is 18.0. The van der Waals surface area contributed by atoms with Gasteiger partial charge in [0.2, 0.25) is 0 Å². The fourth-order valence-electron chi connectivity index (χ4n) is 2.11. The Morgan fingerprint density at radius 2 is 2.00 bits per heavy atom. The molecule has 0 saturated carbocycles. The van der Waals surface area contributed by atoms with Crippen LogP contribution >= 0.6 is 0 Å². The van der Waals surface area contributed by atoms with Crippen molar-refractivity contribution in [1.82, 2.24) is 5.32 Å². The zero-order chi connectivity index (χ0) is 16.0. The van der Waals surface area contributed by atoms with Gasteiger partial charge in [0.25, 0.3) is 0 Å². The smallest absolute Gasteiger partial charge is 0.159 e. The van der Waals surface area contributed by atoms with Gasteiger partial charge in [-0.15, -0.1) is 0 Å². The molecule has 0 aliphatic heterocycles. The van der Waals surface area contributed by atoms with Crippen LogP contribution in [0.2, 0.25) is 0 Å². The molecule has 0 bridgehead atoms. The van der Waals surface area contributed by atoms with Crippen LogP contribution in [-0.2, 0) is 4.74 Å². The van der Waals surface area contributed by atoms with Gasteiger partial charge in [0.15, 0.2) is 11.6 Å². The van der Waals surface area contributed by atoms with Crippen molar-refractivity contribution in [3.63, 3.8) is 0 Å². The van der Waals surface area contributed by atoms with Crippen molar-refractivity contribution in [2.24, 2.45) is 5.92 Å². The molecule has 5 heteroatoms. The van der Waals surface area contributed by atoms with E-state index in [9.17, 15) is 13.9 Å². The number of benzene rings is 1. The molecule has 120 valence electrons. The Balaban J connectivity index is 2.80. The van der Waals surface area contributed by atoms with Gasteiger partial charge < -0.3 is 15.2 Å². The Morgan fingerprint density at radius 3 is 2.52 bits per heavy atom. The number of rotatable bonds is 8. The van der Waals surface area contributed by atoms with Gasteiger partial charge in [0.05, 0.1) is 18.2 Å². The largest absolute Gasteiger partial charge is 0.389 e. The highest BCUT2D eigenvalue weighted by Gasteiger charge is 2.28. The van der Waals surface area contributed by atoms with E-state index >= 15 is 0 Å². The molecule has 0 aliphatic rings. The van der Waals surface area contributed by atoms with Crippen LogP contribution < -0.4 is 5.32 Å². The highest BCUT2D eigenvalue weighted by atomic mass is 19.2. The highest BCUT2D eigenvalue weighted by molar-refractivity contribution is 5.21. The minimum absolute atomic E-state index is 0.123. The fraction of sp³-hybridized carbons (Fsp3) is 0.625. The van der Waals surface area contributed by atoms with Crippen molar-refractivity contribution in [2.75, 3.05) is 20.3 Å². The molecule has 1 rings (SSSR count). The van der Waals surface area contributed by atoms with Crippen LogP contribution in [-0.4, -0.2) is 31.0 Å². The molecular formula is C16H25F2NO2. The average Bonchev–Trinajstić information content (AvgIpc) is 2.45. The molecular weight excluding hydrogens is 276 g/mol. The minimum Gasteiger partial charge on any atom is -0.389 e. The molecule has 0 heterocycles. The van der Waals surface area contributed by atoms with Crippen molar-refractivity contribution in [3.05, 3.63) is 35.4 Å². The quantitative estimate of drug-likeness (QED) is 0.775. The van der Waals surface area contributed by atoms with E-state index in [1.54, 1.807) is 14.0 Å². The predicted octanol–water partition coefficient (Wildman–Crippen LogP) is 3.04. The van der Waals surface area contributed by atoms with Crippen molar-refractivity contribution in [2.45, 2.75) is 38.8 Å². The normalized spacial score (nSPS) is 17.3. The van der Waals surface area contributed by atoms with Crippen molar-refractivity contribution in [3.8, 4) is 0 Å². The first-order valence-corrected chi connectivity index (χ1v) is 7.21. The molecule has 0 saturated heterocycles. The Bertz CT molecular complexity index is 452. The summed E-state index contributed by atoms with van der Waals surface area (Å²) >= 11 is 0. The lowest BCUT2D eigenvalue weighted by molar-refractivity contribution is 0.000734. The highest BCUT2D eigenvalue weighted by Crippen LogP contribution is 2.22. The lowest BCUT2D eigenvalue weighted by Crippen LogP contribution is -2.44. The van der Waals surface area contributed by atoms with E-state index < -0.39 is 17.2 Å². The molecule has 3 atom stereocenters. The summed E-state index contributed by atoms with van der Waals surface area (Å²) < 4.78 is 31.5. The number of hydrogen-bond donors (Lipinski definition) is 2. The van der Waals surface area contributed by atoms with E-state index in [0.29, 0.717) is 18.7 Å². The van der Waals surface area contributed by atoms with Crippen LogP contribution in [0.15, 0.2) is 18.2 Å². The van der Waals surface area contributed by atoms with Crippen LogP contribution in [0, 0.1) is 17.6 Å². The molecule has 0 spiro atoms. The van der Waals surface area contributed by atoms with E-state index in [-0.39, 0.29) is 12.0 Å². The maximum Gasteiger partial charge on any atom is 0.159 e. The molecule has 0 aromatic heterocycles. The summed E-state index contributed by atoms with van der Waals surface area (Å²) in [6, 6.07) is 3.47. The zero-order valence-corrected chi connectivity index (χ0v) is 13.1. The maximum atomic E-state index is 13.3. The molecule has 3 nitrogen and oxygen atoms in total. The second-order valence-electron chi connectivity index (χ2n) is 5.73. The van der Waals surface area contributed by atoms with Crippen LogP contribution in [0.25, 0.3) is 0 Å². The lowest BCUT2D eigenvalue weighted by atomic mass is 9.88. The number of halogens is 2. The van der Waals surface area contributed by atoms with Crippen LogP contribution in [0.4, 0.5) is 8.78 Å². The van der Waals surface area contributed by atoms with E-state index in [1.807, 2.05) is 13.8 Å². The van der Waals surface area contributed by atoms with E-state index in [0.717, 1.165) is 18.6 Å². The van der Waals surface area contributed by atoms with E-state index in [2.05, 4.69) is 5.32 Å². The van der Waals surface area contributed by atoms with Crippen LogP contribution in [0.3, 0.4) is 0 Å². The summed E-state index contributed by atoms with van der Waals surface area (Å²) in [6.07, 6.45) is 0.856. The summed E-state index contributed by atoms with van der Waals surface area (Å²) in [7, 11) is 1.54. The van der Waals surface area contributed by atoms with Gasteiger partial charge in [0.1, 0.15) is 0 Å².